The predicted molar refractivity (Wildman–Crippen MR) is 104 cm³/mol. The second-order valence-corrected chi connectivity index (χ2v) is 7.28. The molecule has 2 aromatic rings. The summed E-state index contributed by atoms with van der Waals surface area (Å²) in [6, 6.07) is 13.8. The largest absolute Gasteiger partial charge is 0.340 e. The smallest absolute Gasteiger partial charge is 0.155 e. The van der Waals surface area contributed by atoms with Crippen molar-refractivity contribution in [3.05, 3.63) is 59.9 Å². The molecule has 27 heavy (non-hydrogen) atoms. The van der Waals surface area contributed by atoms with Gasteiger partial charge in [-0.15, -0.1) is 0 Å². The van der Waals surface area contributed by atoms with Crippen molar-refractivity contribution in [1.82, 2.24) is 15.2 Å². The van der Waals surface area contributed by atoms with Crippen LogP contribution in [0.25, 0.3) is 0 Å². The Hall–Kier alpha value is -2.97. The van der Waals surface area contributed by atoms with Gasteiger partial charge in [-0.25, -0.2) is 9.98 Å². The van der Waals surface area contributed by atoms with Crippen molar-refractivity contribution in [2.75, 3.05) is 13.1 Å². The summed E-state index contributed by atoms with van der Waals surface area (Å²) in [5.74, 6) is 7.97. The summed E-state index contributed by atoms with van der Waals surface area (Å²) in [6.45, 7) is 1.39. The van der Waals surface area contributed by atoms with Crippen LogP contribution < -0.4 is 5.32 Å². The van der Waals surface area contributed by atoms with Crippen molar-refractivity contribution in [2.24, 2.45) is 4.99 Å². The highest BCUT2D eigenvalue weighted by Gasteiger charge is 2.48. The molecule has 1 spiro atoms. The van der Waals surface area contributed by atoms with Crippen LogP contribution in [-0.4, -0.2) is 40.1 Å². The maximum atomic E-state index is 12.6. The fraction of sp³-hybridized carbons (Fsp3) is 0.318. The summed E-state index contributed by atoms with van der Waals surface area (Å²) in [7, 11) is 0. The Morgan fingerprint density at radius 3 is 2.85 bits per heavy atom. The molecule has 3 aliphatic heterocycles. The van der Waals surface area contributed by atoms with Crippen molar-refractivity contribution < 1.29 is 4.79 Å². The molecular weight excluding hydrogens is 336 g/mol. The number of hydrogen-bond donors (Lipinski definition) is 1. The molecule has 2 atom stereocenters. The van der Waals surface area contributed by atoms with E-state index in [1.54, 1.807) is 6.20 Å². The standard InChI is InChI=1S/C22H20N4O/c27-20-11-14-24-22(20)12-10-21-25-18-7-2-1-6-17(18)19(26(21)15-22)9-8-16-5-3-4-13-23-16/h1-7,13,19,24H,10-12,14-15H2. The van der Waals surface area contributed by atoms with E-state index in [1.165, 1.54) is 0 Å². The minimum absolute atomic E-state index is 0.122. The summed E-state index contributed by atoms with van der Waals surface area (Å²) < 4.78 is 0. The zero-order valence-corrected chi connectivity index (χ0v) is 15.0. The number of fused-ring (bicyclic) bond motifs is 2. The normalized spacial score (nSPS) is 26.1. The summed E-state index contributed by atoms with van der Waals surface area (Å²) in [5.41, 5.74) is 2.37. The van der Waals surface area contributed by atoms with E-state index in [2.05, 4.69) is 33.1 Å². The van der Waals surface area contributed by atoms with E-state index in [-0.39, 0.29) is 6.04 Å². The van der Waals surface area contributed by atoms with Gasteiger partial charge in [-0.1, -0.05) is 30.2 Å². The van der Waals surface area contributed by atoms with Crippen LogP contribution in [0.3, 0.4) is 0 Å². The van der Waals surface area contributed by atoms with E-state index in [1.807, 2.05) is 36.4 Å². The number of carbonyl (C=O) groups excluding carboxylic acids is 1. The first kappa shape index (κ1) is 16.2. The molecule has 0 aliphatic carbocycles. The molecule has 4 heterocycles. The number of hydrogen-bond acceptors (Lipinski definition) is 5. The number of benzene rings is 1. The summed E-state index contributed by atoms with van der Waals surface area (Å²) in [4.78, 5) is 24.0. The first-order valence-electron chi connectivity index (χ1n) is 9.39. The first-order chi connectivity index (χ1) is 13.3. The van der Waals surface area contributed by atoms with Crippen LogP contribution >= 0.6 is 0 Å². The third kappa shape index (κ3) is 2.73. The minimum Gasteiger partial charge on any atom is -0.340 e. The molecule has 0 bridgehead atoms. The molecule has 1 N–H and O–H groups in total. The summed E-state index contributed by atoms with van der Waals surface area (Å²) in [6.07, 6.45) is 3.96. The number of Topliss-reactive ketones (excluding diaryl/α,β-unsaturated/α-hetero) is 1. The molecule has 5 nitrogen and oxygen atoms in total. The van der Waals surface area contributed by atoms with Gasteiger partial charge in [0.25, 0.3) is 0 Å². The highest BCUT2D eigenvalue weighted by molar-refractivity contribution is 5.96. The van der Waals surface area contributed by atoms with Gasteiger partial charge in [0.1, 0.15) is 17.6 Å². The third-order valence-electron chi connectivity index (χ3n) is 5.69. The van der Waals surface area contributed by atoms with Crippen molar-refractivity contribution >= 4 is 17.3 Å². The van der Waals surface area contributed by atoms with Crippen LogP contribution in [0.2, 0.25) is 0 Å². The molecule has 0 amide bonds. The van der Waals surface area contributed by atoms with Crippen LogP contribution in [0, 0.1) is 11.8 Å². The number of aliphatic imine (C=N–C) groups is 1. The van der Waals surface area contributed by atoms with E-state index in [0.717, 1.165) is 42.2 Å². The van der Waals surface area contributed by atoms with E-state index in [4.69, 9.17) is 4.99 Å². The second-order valence-electron chi connectivity index (χ2n) is 7.28. The number of piperidine rings is 1. The Morgan fingerprint density at radius 1 is 1.15 bits per heavy atom. The van der Waals surface area contributed by atoms with Gasteiger partial charge in [0.15, 0.2) is 5.78 Å². The molecule has 134 valence electrons. The molecule has 2 saturated heterocycles. The highest BCUT2D eigenvalue weighted by Crippen LogP contribution is 2.40. The molecule has 3 aliphatic rings. The molecule has 0 saturated carbocycles. The maximum absolute atomic E-state index is 12.6. The SMILES string of the molecule is O=C1CCNC12CCC1=Nc3ccccc3C(C#Cc3ccccn3)N1C2. The fourth-order valence-electron chi connectivity index (χ4n) is 4.28. The maximum Gasteiger partial charge on any atom is 0.155 e. The topological polar surface area (TPSA) is 57.6 Å². The number of ketones is 1. The summed E-state index contributed by atoms with van der Waals surface area (Å²) >= 11 is 0. The van der Waals surface area contributed by atoms with Gasteiger partial charge in [-0.05, 0) is 30.5 Å². The number of nitrogens with one attached hydrogen (secondary N) is 1. The molecular formula is C22H20N4O. The second kappa shape index (κ2) is 6.33. The van der Waals surface area contributed by atoms with Crippen LogP contribution in [-0.2, 0) is 4.79 Å². The van der Waals surface area contributed by atoms with Crippen molar-refractivity contribution in [1.29, 1.82) is 0 Å². The van der Waals surface area contributed by atoms with Gasteiger partial charge in [0, 0.05) is 37.7 Å². The van der Waals surface area contributed by atoms with Crippen LogP contribution in [0.4, 0.5) is 5.69 Å². The number of nitrogens with zero attached hydrogens (tertiary/aromatic N) is 3. The van der Waals surface area contributed by atoms with Gasteiger partial charge in [0.2, 0.25) is 0 Å². The third-order valence-corrected chi connectivity index (χ3v) is 5.69. The van der Waals surface area contributed by atoms with Crippen molar-refractivity contribution in [3.8, 4) is 11.8 Å². The van der Waals surface area contributed by atoms with Gasteiger partial charge in [0.05, 0.1) is 11.2 Å². The predicted octanol–water partition coefficient (Wildman–Crippen LogP) is 2.62. The highest BCUT2D eigenvalue weighted by atomic mass is 16.1. The van der Waals surface area contributed by atoms with Crippen LogP contribution in [0.5, 0.6) is 0 Å². The monoisotopic (exact) mass is 356 g/mol. The number of pyridine rings is 1. The summed E-state index contributed by atoms with van der Waals surface area (Å²) in [5, 5.41) is 3.47. The van der Waals surface area contributed by atoms with Crippen LogP contribution in [0.1, 0.15) is 36.6 Å². The number of para-hydroxylation sites is 1. The zero-order valence-electron chi connectivity index (χ0n) is 15.0. The zero-order chi connectivity index (χ0) is 18.3. The Labute approximate surface area is 158 Å². The van der Waals surface area contributed by atoms with Gasteiger partial charge >= 0.3 is 0 Å². The average molecular weight is 356 g/mol. The molecule has 1 aromatic carbocycles. The van der Waals surface area contributed by atoms with E-state index in [9.17, 15) is 4.79 Å². The van der Waals surface area contributed by atoms with Crippen molar-refractivity contribution in [2.45, 2.75) is 30.8 Å². The molecule has 0 radical (unpaired) electrons. The Morgan fingerprint density at radius 2 is 2.04 bits per heavy atom. The Balaban J connectivity index is 1.57. The lowest BCUT2D eigenvalue weighted by Gasteiger charge is -2.45. The van der Waals surface area contributed by atoms with Gasteiger partial charge in [-0.3, -0.25) is 4.79 Å². The number of carbonyl (C=O) groups is 1. The van der Waals surface area contributed by atoms with Crippen LogP contribution in [0.15, 0.2) is 53.7 Å². The van der Waals surface area contributed by atoms with Gasteiger partial charge in [-0.2, -0.15) is 0 Å². The lowest BCUT2D eigenvalue weighted by molar-refractivity contribution is -0.123. The average Bonchev–Trinajstić information content (AvgIpc) is 3.06. The van der Waals surface area contributed by atoms with E-state index in [0.29, 0.717) is 18.7 Å². The lowest BCUT2D eigenvalue weighted by Crippen LogP contribution is -2.60. The lowest BCUT2D eigenvalue weighted by atomic mass is 9.84. The van der Waals surface area contributed by atoms with E-state index < -0.39 is 5.54 Å². The molecule has 2 fully saturated rings. The molecule has 1 aromatic heterocycles. The Kier molecular flexibility index (Phi) is 3.80. The molecule has 5 heteroatoms. The van der Waals surface area contributed by atoms with Gasteiger partial charge < -0.3 is 10.2 Å². The first-order valence-corrected chi connectivity index (χ1v) is 9.39. The van der Waals surface area contributed by atoms with E-state index >= 15 is 0 Å². The Bertz CT molecular complexity index is 988. The fourth-order valence-corrected chi connectivity index (χ4v) is 4.28. The molecule has 5 rings (SSSR count). The molecule has 2 unspecified atom stereocenters. The minimum atomic E-state index is -0.448. The quantitative estimate of drug-likeness (QED) is 0.737. The number of aromatic nitrogens is 1. The van der Waals surface area contributed by atoms with Crippen molar-refractivity contribution in [3.63, 3.8) is 0 Å². The number of rotatable bonds is 0. The number of amidine groups is 1.